The largest absolute Gasteiger partial charge is 0.379 e. The van der Waals surface area contributed by atoms with E-state index in [1.807, 2.05) is 15.9 Å². The molecule has 4 heterocycles. The Bertz CT molecular complexity index is 931. The molecule has 1 unspecified atom stereocenters. The molecule has 1 saturated heterocycles. The van der Waals surface area contributed by atoms with Crippen LogP contribution in [0.5, 0.6) is 0 Å². The Morgan fingerprint density at radius 2 is 2.23 bits per heavy atom. The van der Waals surface area contributed by atoms with E-state index in [1.165, 1.54) is 28.7 Å². The number of hydrogen-bond acceptors (Lipinski definition) is 7. The Balaban J connectivity index is 1.45. The summed E-state index contributed by atoms with van der Waals surface area (Å²) in [5.41, 5.74) is 2.45. The molecule has 2 aliphatic rings. The van der Waals surface area contributed by atoms with Crippen molar-refractivity contribution in [3.8, 4) is 0 Å². The van der Waals surface area contributed by atoms with Gasteiger partial charge in [-0.15, -0.1) is 11.3 Å². The zero-order valence-corrected chi connectivity index (χ0v) is 16.6. The second-order valence-corrected chi connectivity index (χ2v) is 9.37. The first kappa shape index (κ1) is 16.9. The molecule has 8 heteroatoms. The first-order valence-electron chi connectivity index (χ1n) is 9.36. The molecule has 0 aromatic carbocycles. The van der Waals surface area contributed by atoms with Crippen LogP contribution in [-0.4, -0.2) is 63.1 Å². The molecule has 0 saturated carbocycles. The lowest BCUT2D eigenvalue weighted by Gasteiger charge is -2.26. The summed E-state index contributed by atoms with van der Waals surface area (Å²) < 4.78 is 7.37. The molecule has 1 aliphatic carbocycles. The van der Waals surface area contributed by atoms with Crippen LogP contribution in [0.25, 0.3) is 15.9 Å². The van der Waals surface area contributed by atoms with Gasteiger partial charge >= 0.3 is 0 Å². The zero-order chi connectivity index (χ0) is 17.5. The predicted octanol–water partition coefficient (Wildman–Crippen LogP) is 2.89. The summed E-state index contributed by atoms with van der Waals surface area (Å²) in [5, 5.41) is 6.68. The van der Waals surface area contributed by atoms with Gasteiger partial charge in [-0.3, -0.25) is 4.90 Å². The van der Waals surface area contributed by atoms with Gasteiger partial charge in [0.25, 0.3) is 0 Å². The third-order valence-corrected chi connectivity index (χ3v) is 7.48. The number of thiophene rings is 1. The van der Waals surface area contributed by atoms with Gasteiger partial charge < -0.3 is 4.74 Å². The Labute approximate surface area is 160 Å². The maximum Gasteiger partial charge on any atom is 0.192 e. The van der Waals surface area contributed by atoms with Gasteiger partial charge in [-0.1, -0.05) is 18.7 Å². The van der Waals surface area contributed by atoms with Crippen LogP contribution in [0.4, 0.5) is 0 Å². The van der Waals surface area contributed by atoms with Crippen LogP contribution < -0.4 is 0 Å². The van der Waals surface area contributed by atoms with E-state index in [0.29, 0.717) is 0 Å². The molecule has 0 amide bonds. The molecule has 26 heavy (non-hydrogen) atoms. The molecule has 1 fully saturated rings. The van der Waals surface area contributed by atoms with Crippen molar-refractivity contribution in [2.24, 2.45) is 5.92 Å². The topological polar surface area (TPSA) is 55.6 Å². The normalized spacial score (nSPS) is 21.5. The highest BCUT2D eigenvalue weighted by molar-refractivity contribution is 7.99. The van der Waals surface area contributed by atoms with Crippen LogP contribution >= 0.6 is 23.1 Å². The Kier molecular flexibility index (Phi) is 4.60. The number of nitrogens with zero attached hydrogens (tertiary/aromatic N) is 5. The molecular formula is C18H23N5OS2. The Morgan fingerprint density at radius 3 is 3.12 bits per heavy atom. The molecular weight excluding hydrogens is 366 g/mol. The molecule has 138 valence electrons. The average molecular weight is 390 g/mol. The van der Waals surface area contributed by atoms with Crippen LogP contribution in [0.1, 0.15) is 23.8 Å². The van der Waals surface area contributed by atoms with Crippen LogP contribution in [0.3, 0.4) is 0 Å². The maximum absolute atomic E-state index is 5.43. The van der Waals surface area contributed by atoms with E-state index in [-0.39, 0.29) is 0 Å². The lowest BCUT2D eigenvalue weighted by Crippen LogP contribution is -2.37. The minimum atomic E-state index is 0.742. The number of aromatic nitrogens is 4. The van der Waals surface area contributed by atoms with Gasteiger partial charge in [-0.25, -0.2) is 9.97 Å². The smallest absolute Gasteiger partial charge is 0.192 e. The molecule has 3 aromatic heterocycles. The van der Waals surface area contributed by atoms with Gasteiger partial charge in [0, 0.05) is 30.3 Å². The highest BCUT2D eigenvalue weighted by Crippen LogP contribution is 2.39. The van der Waals surface area contributed by atoms with Crippen molar-refractivity contribution in [2.45, 2.75) is 31.3 Å². The maximum atomic E-state index is 5.43. The standard InChI is InChI=1S/C18H23N5OS2/c1-12-2-3-14-13(10-12)15-16-19-11-20-23(16)18(21-17(15)26-14)25-9-6-22-4-7-24-8-5-22/h11-12H,2-10H2,1H3. The number of aryl methyl sites for hydroxylation is 1. The summed E-state index contributed by atoms with van der Waals surface area (Å²) in [6.45, 7) is 7.16. The molecule has 0 N–H and O–H groups in total. The zero-order valence-electron chi connectivity index (χ0n) is 15.0. The van der Waals surface area contributed by atoms with E-state index in [1.54, 1.807) is 18.1 Å². The van der Waals surface area contributed by atoms with E-state index in [9.17, 15) is 0 Å². The van der Waals surface area contributed by atoms with Gasteiger partial charge in [0.15, 0.2) is 10.8 Å². The lowest BCUT2D eigenvalue weighted by atomic mass is 9.89. The van der Waals surface area contributed by atoms with Crippen LogP contribution in [0.15, 0.2) is 11.5 Å². The number of thioether (sulfide) groups is 1. The quantitative estimate of drug-likeness (QED) is 0.505. The molecule has 0 bridgehead atoms. The molecule has 5 rings (SSSR count). The fraction of sp³-hybridized carbons (Fsp3) is 0.611. The third-order valence-electron chi connectivity index (χ3n) is 5.38. The molecule has 6 nitrogen and oxygen atoms in total. The summed E-state index contributed by atoms with van der Waals surface area (Å²) in [4.78, 5) is 14.7. The third kappa shape index (κ3) is 3.02. The van der Waals surface area contributed by atoms with E-state index in [4.69, 9.17) is 9.72 Å². The van der Waals surface area contributed by atoms with Crippen molar-refractivity contribution >= 4 is 39.0 Å². The van der Waals surface area contributed by atoms with Gasteiger partial charge in [-0.2, -0.15) is 9.61 Å². The second kappa shape index (κ2) is 7.07. The summed E-state index contributed by atoms with van der Waals surface area (Å²) in [6, 6.07) is 0. The van der Waals surface area contributed by atoms with Gasteiger partial charge in [-0.05, 0) is 30.7 Å². The van der Waals surface area contributed by atoms with Crippen LogP contribution in [0.2, 0.25) is 0 Å². The van der Waals surface area contributed by atoms with Crippen LogP contribution in [0, 0.1) is 5.92 Å². The van der Waals surface area contributed by atoms with Gasteiger partial charge in [0.1, 0.15) is 11.2 Å². The van der Waals surface area contributed by atoms with E-state index in [2.05, 4.69) is 21.9 Å². The summed E-state index contributed by atoms with van der Waals surface area (Å²) in [5.74, 6) is 1.75. The highest BCUT2D eigenvalue weighted by atomic mass is 32.2. The molecule has 3 aromatic rings. The van der Waals surface area contributed by atoms with E-state index < -0.39 is 0 Å². The second-order valence-electron chi connectivity index (χ2n) is 7.22. The number of rotatable bonds is 4. The minimum absolute atomic E-state index is 0.742. The molecule has 1 atom stereocenters. The summed E-state index contributed by atoms with van der Waals surface area (Å²) >= 11 is 3.65. The van der Waals surface area contributed by atoms with Crippen molar-refractivity contribution in [2.75, 3.05) is 38.6 Å². The summed E-state index contributed by atoms with van der Waals surface area (Å²) in [6.07, 6.45) is 5.27. The molecule has 0 spiro atoms. The van der Waals surface area contributed by atoms with Crippen molar-refractivity contribution in [1.82, 2.24) is 24.5 Å². The fourth-order valence-electron chi connectivity index (χ4n) is 3.92. The Morgan fingerprint density at radius 1 is 1.35 bits per heavy atom. The highest BCUT2D eigenvalue weighted by Gasteiger charge is 2.24. The monoisotopic (exact) mass is 389 g/mol. The Hall–Kier alpha value is -1.22. The molecule has 0 radical (unpaired) electrons. The van der Waals surface area contributed by atoms with Crippen molar-refractivity contribution in [3.63, 3.8) is 0 Å². The average Bonchev–Trinajstić information content (AvgIpc) is 3.26. The number of fused-ring (bicyclic) bond motifs is 5. The van der Waals surface area contributed by atoms with E-state index in [0.717, 1.165) is 66.6 Å². The predicted molar refractivity (Wildman–Crippen MR) is 105 cm³/mol. The lowest BCUT2D eigenvalue weighted by molar-refractivity contribution is 0.0410. The first-order valence-corrected chi connectivity index (χ1v) is 11.2. The van der Waals surface area contributed by atoms with Gasteiger partial charge in [0.2, 0.25) is 0 Å². The number of ether oxygens (including phenoxy) is 1. The van der Waals surface area contributed by atoms with Crippen molar-refractivity contribution in [1.29, 1.82) is 0 Å². The van der Waals surface area contributed by atoms with Crippen LogP contribution in [-0.2, 0) is 17.6 Å². The van der Waals surface area contributed by atoms with E-state index >= 15 is 0 Å². The SMILES string of the molecule is CC1CCc2sc3nc(SCCN4CCOCC4)n4ncnc4c3c2C1. The fourth-order valence-corrected chi connectivity index (χ4v) is 6.14. The minimum Gasteiger partial charge on any atom is -0.379 e. The first-order chi connectivity index (χ1) is 12.8. The summed E-state index contributed by atoms with van der Waals surface area (Å²) in [7, 11) is 0. The number of morpholine rings is 1. The molecule has 1 aliphatic heterocycles. The van der Waals surface area contributed by atoms with Gasteiger partial charge in [0.05, 0.1) is 18.6 Å². The number of hydrogen-bond donors (Lipinski definition) is 0. The van der Waals surface area contributed by atoms with Crippen molar-refractivity contribution in [3.05, 3.63) is 16.8 Å². The van der Waals surface area contributed by atoms with Crippen molar-refractivity contribution < 1.29 is 4.74 Å².